The van der Waals surface area contributed by atoms with Gasteiger partial charge in [0.25, 0.3) is 0 Å². The van der Waals surface area contributed by atoms with Crippen LogP contribution in [-0.4, -0.2) is 11.3 Å². The van der Waals surface area contributed by atoms with Crippen molar-refractivity contribution in [1.82, 2.24) is 0 Å². The molecule has 25 heavy (non-hydrogen) atoms. The zero-order chi connectivity index (χ0) is 18.1. The predicted molar refractivity (Wildman–Crippen MR) is 108 cm³/mol. The standard InChI is InChI=1S/C22H29BrO2/c1-3-4-5-6-7-8-10-15-19(16-23)20-17(2)22(24)25-21(20)18-13-11-9-12-14-18/h9,11-15,21H,3-8,10,16H2,1-2H3/b19-15+. The number of cyclic esters (lactones) is 1. The molecule has 1 aromatic carbocycles. The third kappa shape index (κ3) is 5.57. The molecule has 1 unspecified atom stereocenters. The molecule has 0 fully saturated rings. The van der Waals surface area contributed by atoms with Crippen molar-refractivity contribution in [3.63, 3.8) is 0 Å². The van der Waals surface area contributed by atoms with E-state index in [1.165, 1.54) is 44.1 Å². The molecule has 0 saturated heterocycles. The Hall–Kier alpha value is -1.35. The van der Waals surface area contributed by atoms with E-state index in [0.717, 1.165) is 28.5 Å². The lowest BCUT2D eigenvalue weighted by molar-refractivity contribution is -0.139. The van der Waals surface area contributed by atoms with Gasteiger partial charge in [-0.1, -0.05) is 91.4 Å². The first-order valence-corrected chi connectivity index (χ1v) is 10.5. The van der Waals surface area contributed by atoms with Crippen LogP contribution in [0.3, 0.4) is 0 Å². The minimum absolute atomic E-state index is 0.199. The van der Waals surface area contributed by atoms with Crippen molar-refractivity contribution in [1.29, 1.82) is 0 Å². The Morgan fingerprint density at radius 1 is 1.12 bits per heavy atom. The maximum Gasteiger partial charge on any atom is 0.335 e. The highest BCUT2D eigenvalue weighted by Crippen LogP contribution is 2.39. The Kier molecular flexibility index (Phi) is 8.47. The van der Waals surface area contributed by atoms with Crippen molar-refractivity contribution < 1.29 is 9.53 Å². The highest BCUT2D eigenvalue weighted by atomic mass is 79.9. The molecule has 1 heterocycles. The number of rotatable bonds is 10. The monoisotopic (exact) mass is 404 g/mol. The Bertz CT molecular complexity index is 616. The fraction of sp³-hybridized carbons (Fsp3) is 0.500. The van der Waals surface area contributed by atoms with E-state index in [-0.39, 0.29) is 12.1 Å². The summed E-state index contributed by atoms with van der Waals surface area (Å²) in [5.41, 5.74) is 4.00. The first-order chi connectivity index (χ1) is 12.2. The molecule has 136 valence electrons. The molecule has 1 aliphatic heterocycles. The second-order valence-corrected chi connectivity index (χ2v) is 7.21. The molecule has 0 radical (unpaired) electrons. The van der Waals surface area contributed by atoms with E-state index in [4.69, 9.17) is 4.74 Å². The molecular weight excluding hydrogens is 376 g/mol. The summed E-state index contributed by atoms with van der Waals surface area (Å²) in [7, 11) is 0. The van der Waals surface area contributed by atoms with Crippen LogP contribution in [0.5, 0.6) is 0 Å². The fourth-order valence-corrected chi connectivity index (χ4v) is 3.80. The number of hydrogen-bond donors (Lipinski definition) is 0. The van der Waals surface area contributed by atoms with E-state index in [1.54, 1.807) is 0 Å². The number of allylic oxidation sites excluding steroid dienone is 1. The first-order valence-electron chi connectivity index (χ1n) is 9.41. The third-order valence-electron chi connectivity index (χ3n) is 4.74. The molecule has 0 aromatic heterocycles. The number of alkyl halides is 1. The maximum absolute atomic E-state index is 12.1. The number of carbonyl (C=O) groups excluding carboxylic acids is 1. The fourth-order valence-electron chi connectivity index (χ4n) is 3.27. The zero-order valence-electron chi connectivity index (χ0n) is 15.4. The second kappa shape index (κ2) is 10.6. The number of benzene rings is 1. The third-order valence-corrected chi connectivity index (χ3v) is 5.34. The molecule has 0 amide bonds. The number of halogens is 1. The average Bonchev–Trinajstić information content (AvgIpc) is 2.93. The summed E-state index contributed by atoms with van der Waals surface area (Å²) < 4.78 is 5.65. The van der Waals surface area contributed by atoms with Crippen LogP contribution in [0.15, 0.2) is 53.1 Å². The number of carbonyl (C=O) groups is 1. The summed E-state index contributed by atoms with van der Waals surface area (Å²) in [4.78, 5) is 12.1. The van der Waals surface area contributed by atoms with Gasteiger partial charge in [-0.05, 0) is 30.9 Å². The number of esters is 1. The molecular formula is C22H29BrO2. The molecule has 2 nitrogen and oxygen atoms in total. The van der Waals surface area contributed by atoms with E-state index in [9.17, 15) is 4.79 Å². The molecule has 0 bridgehead atoms. The molecule has 3 heteroatoms. The van der Waals surface area contributed by atoms with Crippen molar-refractivity contribution in [3.05, 3.63) is 58.7 Å². The second-order valence-electron chi connectivity index (χ2n) is 6.65. The highest BCUT2D eigenvalue weighted by Gasteiger charge is 2.33. The lowest BCUT2D eigenvalue weighted by Crippen LogP contribution is -2.05. The molecule has 1 aliphatic rings. The first kappa shape index (κ1) is 20.0. The van der Waals surface area contributed by atoms with Crippen LogP contribution >= 0.6 is 15.9 Å². The molecule has 2 rings (SSSR count). The topological polar surface area (TPSA) is 26.3 Å². The molecule has 0 saturated carbocycles. The summed E-state index contributed by atoms with van der Waals surface area (Å²) in [5.74, 6) is -0.199. The van der Waals surface area contributed by atoms with Crippen LogP contribution in [0.4, 0.5) is 0 Å². The Balaban J connectivity index is 2.05. The largest absolute Gasteiger partial charge is 0.449 e. The van der Waals surface area contributed by atoms with E-state index < -0.39 is 0 Å². The average molecular weight is 405 g/mol. The minimum atomic E-state index is -0.276. The predicted octanol–water partition coefficient (Wildman–Crippen LogP) is 6.67. The van der Waals surface area contributed by atoms with Crippen LogP contribution in [0.2, 0.25) is 0 Å². The molecule has 1 aromatic rings. The maximum atomic E-state index is 12.1. The van der Waals surface area contributed by atoms with E-state index >= 15 is 0 Å². The van der Waals surface area contributed by atoms with Crippen LogP contribution in [0, 0.1) is 0 Å². The molecule has 0 N–H and O–H groups in total. The lowest BCUT2D eigenvalue weighted by atomic mass is 9.93. The van der Waals surface area contributed by atoms with Gasteiger partial charge in [-0.3, -0.25) is 0 Å². The van der Waals surface area contributed by atoms with Crippen molar-refractivity contribution in [2.75, 3.05) is 5.33 Å². The summed E-state index contributed by atoms with van der Waals surface area (Å²) >= 11 is 3.61. The summed E-state index contributed by atoms with van der Waals surface area (Å²) in [6.07, 6.45) is 10.8. The number of hydrogen-bond acceptors (Lipinski definition) is 2. The van der Waals surface area contributed by atoms with Crippen molar-refractivity contribution >= 4 is 21.9 Å². The van der Waals surface area contributed by atoms with Gasteiger partial charge in [0.05, 0.1) is 0 Å². The van der Waals surface area contributed by atoms with Gasteiger partial charge < -0.3 is 4.74 Å². The number of ether oxygens (including phenoxy) is 1. The Morgan fingerprint density at radius 2 is 1.80 bits per heavy atom. The van der Waals surface area contributed by atoms with Crippen LogP contribution in [-0.2, 0) is 9.53 Å². The quantitative estimate of drug-likeness (QED) is 0.247. The van der Waals surface area contributed by atoms with Gasteiger partial charge in [0, 0.05) is 16.5 Å². The van der Waals surface area contributed by atoms with Gasteiger partial charge in [-0.2, -0.15) is 0 Å². The molecule has 0 spiro atoms. The van der Waals surface area contributed by atoms with Gasteiger partial charge in [0.15, 0.2) is 6.10 Å². The van der Waals surface area contributed by atoms with Crippen molar-refractivity contribution in [2.45, 2.75) is 64.9 Å². The van der Waals surface area contributed by atoms with Crippen LogP contribution in [0.25, 0.3) is 0 Å². The van der Waals surface area contributed by atoms with Gasteiger partial charge in [-0.15, -0.1) is 0 Å². The Morgan fingerprint density at radius 3 is 2.48 bits per heavy atom. The normalized spacial score (nSPS) is 18.0. The summed E-state index contributed by atoms with van der Waals surface area (Å²) in [6.45, 7) is 4.12. The number of unbranched alkanes of at least 4 members (excludes halogenated alkanes) is 6. The van der Waals surface area contributed by atoms with Crippen LogP contribution < -0.4 is 0 Å². The van der Waals surface area contributed by atoms with E-state index in [1.807, 2.05) is 37.3 Å². The van der Waals surface area contributed by atoms with E-state index in [0.29, 0.717) is 0 Å². The Labute approximate surface area is 160 Å². The molecule has 1 atom stereocenters. The van der Waals surface area contributed by atoms with Gasteiger partial charge in [-0.25, -0.2) is 4.79 Å². The zero-order valence-corrected chi connectivity index (χ0v) is 17.0. The van der Waals surface area contributed by atoms with Crippen molar-refractivity contribution in [2.24, 2.45) is 0 Å². The van der Waals surface area contributed by atoms with Crippen molar-refractivity contribution in [3.8, 4) is 0 Å². The summed E-state index contributed by atoms with van der Waals surface area (Å²) in [6, 6.07) is 10.0. The minimum Gasteiger partial charge on any atom is -0.449 e. The smallest absolute Gasteiger partial charge is 0.335 e. The van der Waals surface area contributed by atoms with Gasteiger partial charge in [0.2, 0.25) is 0 Å². The van der Waals surface area contributed by atoms with Gasteiger partial charge >= 0.3 is 5.97 Å². The van der Waals surface area contributed by atoms with Crippen LogP contribution in [0.1, 0.15) is 70.5 Å². The molecule has 0 aliphatic carbocycles. The lowest BCUT2D eigenvalue weighted by Gasteiger charge is -2.16. The summed E-state index contributed by atoms with van der Waals surface area (Å²) in [5, 5.41) is 0.746. The van der Waals surface area contributed by atoms with E-state index in [2.05, 4.69) is 28.9 Å². The highest BCUT2D eigenvalue weighted by molar-refractivity contribution is 9.09. The van der Waals surface area contributed by atoms with Gasteiger partial charge in [0.1, 0.15) is 0 Å². The SMILES string of the molecule is CCCCCCCC/C=C(\CBr)C1=C(C)C(=O)OC1c1ccccc1.